The van der Waals surface area contributed by atoms with Crippen LogP contribution in [0.4, 0.5) is 0 Å². The lowest BCUT2D eigenvalue weighted by Crippen LogP contribution is -2.21. The van der Waals surface area contributed by atoms with Crippen LogP contribution in [0.1, 0.15) is 50.7 Å². The van der Waals surface area contributed by atoms with Crippen molar-refractivity contribution < 1.29 is 14.6 Å². The van der Waals surface area contributed by atoms with Crippen LogP contribution < -0.4 is 9.47 Å². The topological polar surface area (TPSA) is 51.6 Å². The molecule has 1 aromatic carbocycles. The van der Waals surface area contributed by atoms with Crippen LogP contribution in [0.3, 0.4) is 0 Å². The molecule has 4 heteroatoms. The summed E-state index contributed by atoms with van der Waals surface area (Å²) in [7, 11) is 0. The summed E-state index contributed by atoms with van der Waals surface area (Å²) in [4.78, 5) is 4.27. The predicted molar refractivity (Wildman–Crippen MR) is 93.9 cm³/mol. The van der Waals surface area contributed by atoms with Crippen LogP contribution in [0.25, 0.3) is 0 Å². The highest BCUT2D eigenvalue weighted by Gasteiger charge is 2.22. The van der Waals surface area contributed by atoms with E-state index < -0.39 is 5.60 Å². The van der Waals surface area contributed by atoms with Crippen molar-refractivity contribution in [3.63, 3.8) is 0 Å². The first kappa shape index (κ1) is 16.8. The molecule has 128 valence electrons. The molecule has 0 spiro atoms. The van der Waals surface area contributed by atoms with Crippen LogP contribution in [0.5, 0.6) is 17.4 Å². The van der Waals surface area contributed by atoms with E-state index in [4.69, 9.17) is 9.47 Å². The molecule has 0 unspecified atom stereocenters. The Hall–Kier alpha value is -2.07. The molecule has 1 aromatic heterocycles. The van der Waals surface area contributed by atoms with Crippen LogP contribution in [-0.4, -0.2) is 22.3 Å². The fourth-order valence-electron chi connectivity index (χ4n) is 2.97. The van der Waals surface area contributed by atoms with E-state index in [1.165, 1.54) is 17.5 Å². The van der Waals surface area contributed by atoms with Crippen molar-refractivity contribution in [2.75, 3.05) is 6.61 Å². The van der Waals surface area contributed by atoms with Gasteiger partial charge in [0.25, 0.3) is 0 Å². The molecule has 0 radical (unpaired) electrons. The van der Waals surface area contributed by atoms with E-state index in [2.05, 4.69) is 24.0 Å². The largest absolute Gasteiger partial charge is 0.478 e. The minimum absolute atomic E-state index is 0.431. The maximum atomic E-state index is 9.68. The van der Waals surface area contributed by atoms with Gasteiger partial charge in [-0.2, -0.15) is 0 Å². The molecule has 3 rings (SSSR count). The van der Waals surface area contributed by atoms with Crippen LogP contribution >= 0.6 is 0 Å². The fraction of sp³-hybridized carbons (Fsp3) is 0.450. The molecule has 0 saturated carbocycles. The highest BCUT2D eigenvalue weighted by Crippen LogP contribution is 2.39. The van der Waals surface area contributed by atoms with Gasteiger partial charge in [-0.05, 0) is 55.9 Å². The number of ether oxygens (including phenoxy) is 2. The van der Waals surface area contributed by atoms with Crippen molar-refractivity contribution >= 4 is 0 Å². The van der Waals surface area contributed by atoms with Crippen molar-refractivity contribution in [1.82, 2.24) is 4.98 Å². The number of aliphatic hydroxyl groups is 1. The number of nitrogens with zero attached hydrogens (tertiary/aromatic N) is 1. The zero-order valence-electron chi connectivity index (χ0n) is 14.6. The number of hydrogen-bond acceptors (Lipinski definition) is 4. The zero-order valence-corrected chi connectivity index (χ0v) is 14.6. The first-order valence-electron chi connectivity index (χ1n) is 8.53. The number of pyridine rings is 1. The predicted octanol–water partition coefficient (Wildman–Crippen LogP) is 4.46. The molecule has 0 bridgehead atoms. The van der Waals surface area contributed by atoms with E-state index in [1.807, 2.05) is 12.1 Å². The number of hydrogen-bond donors (Lipinski definition) is 1. The van der Waals surface area contributed by atoms with Crippen molar-refractivity contribution in [3.8, 4) is 17.4 Å². The van der Waals surface area contributed by atoms with Crippen LogP contribution in [0.15, 0.2) is 36.5 Å². The molecule has 0 aliphatic heterocycles. The van der Waals surface area contributed by atoms with Gasteiger partial charge in [-0.1, -0.05) is 19.1 Å². The average molecular weight is 327 g/mol. The number of benzene rings is 1. The molecule has 1 aliphatic carbocycles. The summed E-state index contributed by atoms with van der Waals surface area (Å²) in [5, 5.41) is 9.68. The lowest BCUT2D eigenvalue weighted by atomic mass is 10.0. The molecular formula is C20H25NO3. The quantitative estimate of drug-likeness (QED) is 0.851. The fourth-order valence-corrected chi connectivity index (χ4v) is 2.97. The van der Waals surface area contributed by atoms with Gasteiger partial charge in [-0.15, -0.1) is 0 Å². The standard InChI is InChI=1S/C20H25NO3/c1-14-7-9-17-16(14)5-4-6-18(17)24-15-8-10-19(21-13-15)23-12-11-20(2,3)22/h4-6,8,10,13-14,22H,7,9,11-12H2,1-3H3/t14-/m1/s1. The Morgan fingerprint density at radius 3 is 2.79 bits per heavy atom. The van der Waals surface area contributed by atoms with Crippen LogP contribution in [-0.2, 0) is 6.42 Å². The van der Waals surface area contributed by atoms with Gasteiger partial charge in [-0.3, -0.25) is 0 Å². The van der Waals surface area contributed by atoms with Gasteiger partial charge in [0.1, 0.15) is 11.5 Å². The second-order valence-corrected chi connectivity index (χ2v) is 7.11. The Balaban J connectivity index is 1.63. The molecule has 0 amide bonds. The third-order valence-corrected chi connectivity index (χ3v) is 4.43. The summed E-state index contributed by atoms with van der Waals surface area (Å²) in [6.07, 6.45) is 4.48. The average Bonchev–Trinajstić information content (AvgIpc) is 2.91. The Morgan fingerprint density at radius 1 is 1.25 bits per heavy atom. The van der Waals surface area contributed by atoms with Gasteiger partial charge in [0, 0.05) is 12.5 Å². The highest BCUT2D eigenvalue weighted by atomic mass is 16.5. The summed E-state index contributed by atoms with van der Waals surface area (Å²) < 4.78 is 11.6. The second-order valence-electron chi connectivity index (χ2n) is 7.11. The maximum absolute atomic E-state index is 9.68. The zero-order chi connectivity index (χ0) is 17.2. The Kier molecular flexibility index (Phi) is 4.76. The minimum atomic E-state index is -0.728. The van der Waals surface area contributed by atoms with Crippen molar-refractivity contribution in [2.45, 2.75) is 51.6 Å². The molecule has 1 N–H and O–H groups in total. The highest BCUT2D eigenvalue weighted by molar-refractivity contribution is 5.46. The van der Waals surface area contributed by atoms with Gasteiger partial charge in [-0.25, -0.2) is 4.98 Å². The number of aromatic nitrogens is 1. The van der Waals surface area contributed by atoms with Crippen LogP contribution in [0.2, 0.25) is 0 Å². The first-order chi connectivity index (χ1) is 11.4. The summed E-state index contributed by atoms with van der Waals surface area (Å²) >= 11 is 0. The third kappa shape index (κ3) is 4.06. The lowest BCUT2D eigenvalue weighted by Gasteiger charge is -2.16. The molecule has 0 saturated heterocycles. The Morgan fingerprint density at radius 2 is 2.08 bits per heavy atom. The van der Waals surface area contributed by atoms with E-state index in [1.54, 1.807) is 26.1 Å². The summed E-state index contributed by atoms with van der Waals surface area (Å²) in [5.74, 6) is 2.78. The van der Waals surface area contributed by atoms with E-state index in [9.17, 15) is 5.11 Å². The Bertz CT molecular complexity index is 689. The van der Waals surface area contributed by atoms with Gasteiger partial charge in [0.05, 0.1) is 18.4 Å². The first-order valence-corrected chi connectivity index (χ1v) is 8.53. The molecule has 1 atom stereocenters. The lowest BCUT2D eigenvalue weighted by molar-refractivity contribution is 0.0547. The van der Waals surface area contributed by atoms with Gasteiger partial charge < -0.3 is 14.6 Å². The monoisotopic (exact) mass is 327 g/mol. The van der Waals surface area contributed by atoms with E-state index in [-0.39, 0.29) is 0 Å². The van der Waals surface area contributed by atoms with Gasteiger partial charge in [0.2, 0.25) is 5.88 Å². The summed E-state index contributed by atoms with van der Waals surface area (Å²) in [6, 6.07) is 9.93. The summed E-state index contributed by atoms with van der Waals surface area (Å²) in [5.41, 5.74) is 1.98. The summed E-state index contributed by atoms with van der Waals surface area (Å²) in [6.45, 7) is 6.22. The molecule has 24 heavy (non-hydrogen) atoms. The molecule has 1 heterocycles. The van der Waals surface area contributed by atoms with Crippen molar-refractivity contribution in [2.24, 2.45) is 0 Å². The second kappa shape index (κ2) is 6.81. The van der Waals surface area contributed by atoms with E-state index in [0.29, 0.717) is 30.6 Å². The smallest absolute Gasteiger partial charge is 0.213 e. The third-order valence-electron chi connectivity index (χ3n) is 4.43. The van der Waals surface area contributed by atoms with E-state index >= 15 is 0 Å². The van der Waals surface area contributed by atoms with Crippen molar-refractivity contribution in [3.05, 3.63) is 47.7 Å². The normalized spacial score (nSPS) is 16.8. The molecule has 1 aliphatic rings. The molecule has 4 nitrogen and oxygen atoms in total. The molecular weight excluding hydrogens is 302 g/mol. The van der Waals surface area contributed by atoms with Crippen LogP contribution in [0, 0.1) is 0 Å². The van der Waals surface area contributed by atoms with Gasteiger partial charge >= 0.3 is 0 Å². The SMILES string of the molecule is C[C@@H]1CCc2c(Oc3ccc(OCCC(C)(C)O)nc3)cccc21. The number of fused-ring (bicyclic) bond motifs is 1. The minimum Gasteiger partial charge on any atom is -0.478 e. The maximum Gasteiger partial charge on any atom is 0.213 e. The Labute approximate surface area is 143 Å². The van der Waals surface area contributed by atoms with Gasteiger partial charge in [0.15, 0.2) is 0 Å². The van der Waals surface area contributed by atoms with Crippen molar-refractivity contribution in [1.29, 1.82) is 0 Å². The number of rotatable bonds is 6. The molecule has 0 fully saturated rings. The van der Waals surface area contributed by atoms with E-state index in [0.717, 1.165) is 12.2 Å². The molecule has 2 aromatic rings.